The van der Waals surface area contributed by atoms with Crippen LogP contribution in [0.2, 0.25) is 0 Å². The molecule has 1 aromatic carbocycles. The van der Waals surface area contributed by atoms with Gasteiger partial charge in [-0.25, -0.2) is 5.01 Å². The number of amides is 1. The van der Waals surface area contributed by atoms with Crippen LogP contribution >= 0.6 is 0 Å². The highest BCUT2D eigenvalue weighted by Gasteiger charge is 2.30. The van der Waals surface area contributed by atoms with Gasteiger partial charge in [0.2, 0.25) is 0 Å². The van der Waals surface area contributed by atoms with Gasteiger partial charge < -0.3 is 5.11 Å². The number of nitrogens with zero attached hydrogens (tertiary/aromatic N) is 3. The molecule has 126 valence electrons. The number of rotatable bonds is 5. The molecule has 0 fully saturated rings. The summed E-state index contributed by atoms with van der Waals surface area (Å²) < 4.78 is 0. The average Bonchev–Trinajstić information content (AvgIpc) is 2.97. The predicted octanol–water partition coefficient (Wildman–Crippen LogP) is 1.96. The molecule has 0 aliphatic carbocycles. The van der Waals surface area contributed by atoms with Crippen molar-refractivity contribution in [2.75, 3.05) is 26.7 Å². The highest BCUT2D eigenvalue weighted by Crippen LogP contribution is 2.23. The maximum atomic E-state index is 12.5. The van der Waals surface area contributed by atoms with Crippen LogP contribution in [0.15, 0.2) is 35.4 Å². The third-order valence-corrected chi connectivity index (χ3v) is 4.29. The van der Waals surface area contributed by atoms with Crippen molar-refractivity contribution in [3.05, 3.63) is 35.9 Å². The monoisotopic (exact) mass is 317 g/mol. The lowest BCUT2D eigenvalue weighted by Gasteiger charge is -2.36. The fraction of sp³-hybridized carbons (Fsp3) is 0.556. The largest absolute Gasteiger partial charge is 0.395 e. The van der Waals surface area contributed by atoms with Crippen molar-refractivity contribution < 1.29 is 9.90 Å². The lowest BCUT2D eigenvalue weighted by atomic mass is 9.86. The molecule has 1 atom stereocenters. The molecule has 1 aliphatic heterocycles. The number of hydrazone groups is 1. The number of likely N-dealkylation sites (N-methyl/N-ethyl adjacent to an activating group) is 1. The summed E-state index contributed by atoms with van der Waals surface area (Å²) >= 11 is 0. The van der Waals surface area contributed by atoms with Gasteiger partial charge in [0.05, 0.1) is 25.4 Å². The second kappa shape index (κ2) is 7.23. The molecule has 5 nitrogen and oxygen atoms in total. The first kappa shape index (κ1) is 17.6. The second-order valence-corrected chi connectivity index (χ2v) is 7.16. The molecular weight excluding hydrogens is 290 g/mol. The summed E-state index contributed by atoms with van der Waals surface area (Å²) in [6, 6.07) is 9.89. The van der Waals surface area contributed by atoms with E-state index in [1.165, 1.54) is 0 Å². The first-order chi connectivity index (χ1) is 10.8. The number of hydrogen-bond acceptors (Lipinski definition) is 4. The van der Waals surface area contributed by atoms with E-state index < -0.39 is 0 Å². The minimum atomic E-state index is -0.0900. The highest BCUT2D eigenvalue weighted by molar-refractivity contribution is 6.02. The van der Waals surface area contributed by atoms with Gasteiger partial charge in [0.1, 0.15) is 0 Å². The van der Waals surface area contributed by atoms with E-state index in [0.717, 1.165) is 17.7 Å². The zero-order valence-electron chi connectivity index (χ0n) is 14.5. The first-order valence-corrected chi connectivity index (χ1v) is 8.07. The van der Waals surface area contributed by atoms with Crippen LogP contribution in [-0.2, 0) is 4.79 Å². The van der Waals surface area contributed by atoms with Crippen LogP contribution in [0.3, 0.4) is 0 Å². The van der Waals surface area contributed by atoms with Gasteiger partial charge in [0.15, 0.2) is 0 Å². The normalized spacial score (nSPS) is 16.6. The minimum absolute atomic E-state index is 0.0267. The van der Waals surface area contributed by atoms with E-state index in [4.69, 9.17) is 0 Å². The number of carbonyl (C=O) groups is 1. The van der Waals surface area contributed by atoms with Crippen LogP contribution in [0, 0.1) is 5.41 Å². The molecule has 2 rings (SSSR count). The number of aliphatic hydroxyl groups excluding tert-OH is 1. The molecule has 1 amide bonds. The molecule has 0 unspecified atom stereocenters. The smallest absolute Gasteiger partial charge is 0.256 e. The van der Waals surface area contributed by atoms with Crippen LogP contribution < -0.4 is 0 Å². The summed E-state index contributed by atoms with van der Waals surface area (Å²) in [5.41, 5.74) is 1.93. The molecule has 1 N–H and O–H groups in total. The van der Waals surface area contributed by atoms with Gasteiger partial charge in [-0.2, -0.15) is 5.10 Å². The van der Waals surface area contributed by atoms with Crippen molar-refractivity contribution in [1.29, 1.82) is 0 Å². The van der Waals surface area contributed by atoms with E-state index in [9.17, 15) is 9.90 Å². The number of benzene rings is 1. The van der Waals surface area contributed by atoms with Gasteiger partial charge in [-0.3, -0.25) is 9.69 Å². The van der Waals surface area contributed by atoms with Crippen LogP contribution in [0.5, 0.6) is 0 Å². The zero-order chi connectivity index (χ0) is 17.0. The predicted molar refractivity (Wildman–Crippen MR) is 92.3 cm³/mol. The molecule has 1 aliphatic rings. The van der Waals surface area contributed by atoms with E-state index in [2.05, 4.69) is 25.9 Å². The van der Waals surface area contributed by atoms with Crippen molar-refractivity contribution in [3.8, 4) is 0 Å². The third kappa shape index (κ3) is 4.39. The fourth-order valence-electron chi connectivity index (χ4n) is 2.95. The van der Waals surface area contributed by atoms with Gasteiger partial charge in [-0.15, -0.1) is 0 Å². The number of hydrogen-bond donors (Lipinski definition) is 1. The van der Waals surface area contributed by atoms with Crippen molar-refractivity contribution in [2.24, 2.45) is 10.5 Å². The topological polar surface area (TPSA) is 56.1 Å². The summed E-state index contributed by atoms with van der Waals surface area (Å²) in [5, 5.41) is 15.6. The Morgan fingerprint density at radius 3 is 2.57 bits per heavy atom. The maximum absolute atomic E-state index is 12.5. The lowest BCUT2D eigenvalue weighted by molar-refractivity contribution is -0.132. The maximum Gasteiger partial charge on any atom is 0.256 e. The third-order valence-electron chi connectivity index (χ3n) is 4.29. The van der Waals surface area contributed by atoms with Crippen LogP contribution in [0.1, 0.15) is 32.8 Å². The van der Waals surface area contributed by atoms with Crippen molar-refractivity contribution in [1.82, 2.24) is 9.91 Å². The number of aliphatic hydroxyl groups is 1. The zero-order valence-corrected chi connectivity index (χ0v) is 14.5. The summed E-state index contributed by atoms with van der Waals surface area (Å²) in [7, 11) is 1.88. The Morgan fingerprint density at radius 1 is 1.35 bits per heavy atom. The molecule has 1 heterocycles. The Labute approximate surface area is 138 Å². The first-order valence-electron chi connectivity index (χ1n) is 8.07. The molecule has 1 aromatic rings. The van der Waals surface area contributed by atoms with Gasteiger partial charge >= 0.3 is 0 Å². The van der Waals surface area contributed by atoms with Crippen molar-refractivity contribution in [2.45, 2.75) is 33.2 Å². The highest BCUT2D eigenvalue weighted by atomic mass is 16.3. The van der Waals surface area contributed by atoms with E-state index in [1.54, 1.807) is 5.01 Å². The molecular formula is C18H27N3O2. The molecule has 5 heteroatoms. The van der Waals surface area contributed by atoms with Crippen LogP contribution in [-0.4, -0.2) is 59.4 Å². The van der Waals surface area contributed by atoms with Gasteiger partial charge in [-0.1, -0.05) is 51.1 Å². The van der Waals surface area contributed by atoms with Crippen LogP contribution in [0.25, 0.3) is 0 Å². The van der Waals surface area contributed by atoms with E-state index in [1.807, 2.05) is 42.3 Å². The average molecular weight is 317 g/mol. The second-order valence-electron chi connectivity index (χ2n) is 7.16. The summed E-state index contributed by atoms with van der Waals surface area (Å²) in [6.07, 6.45) is 0.780. The lowest BCUT2D eigenvalue weighted by Crippen LogP contribution is -2.48. The Kier molecular flexibility index (Phi) is 5.55. The van der Waals surface area contributed by atoms with Crippen LogP contribution in [0.4, 0.5) is 0 Å². The Morgan fingerprint density at radius 2 is 2.00 bits per heavy atom. The number of carbonyl (C=O) groups excluding carboxylic acids is 1. The van der Waals surface area contributed by atoms with Crippen molar-refractivity contribution in [3.63, 3.8) is 0 Å². The molecule has 0 saturated carbocycles. The molecule has 0 saturated heterocycles. The summed E-state index contributed by atoms with van der Waals surface area (Å²) in [4.78, 5) is 14.4. The Bertz CT molecular complexity index is 563. The fourth-order valence-corrected chi connectivity index (χ4v) is 2.95. The molecule has 0 bridgehead atoms. The van der Waals surface area contributed by atoms with E-state index in [0.29, 0.717) is 6.54 Å². The standard InChI is InChI=1S/C18H27N3O2/c1-18(2,3)16(13-22)20(4)12-17(23)21-11-10-15(19-21)14-8-6-5-7-9-14/h5-9,16,22H,10-13H2,1-4H3/t16-/m1/s1. The summed E-state index contributed by atoms with van der Waals surface area (Å²) in [6.45, 7) is 7.11. The Balaban J connectivity index is 2.00. The summed E-state index contributed by atoms with van der Waals surface area (Å²) in [5.74, 6) is -0.0267. The molecule has 0 radical (unpaired) electrons. The van der Waals surface area contributed by atoms with E-state index in [-0.39, 0.29) is 30.5 Å². The molecule has 23 heavy (non-hydrogen) atoms. The van der Waals surface area contributed by atoms with Gasteiger partial charge in [0, 0.05) is 12.5 Å². The van der Waals surface area contributed by atoms with Gasteiger partial charge in [-0.05, 0) is 18.0 Å². The SMILES string of the molecule is CN(CC(=O)N1CCC(c2ccccc2)=N1)[C@H](CO)C(C)(C)C. The molecule has 0 spiro atoms. The van der Waals surface area contributed by atoms with Gasteiger partial charge in [0.25, 0.3) is 5.91 Å². The van der Waals surface area contributed by atoms with Crippen molar-refractivity contribution >= 4 is 11.6 Å². The Hall–Kier alpha value is -1.72. The molecule has 0 aromatic heterocycles. The van der Waals surface area contributed by atoms with E-state index >= 15 is 0 Å². The minimum Gasteiger partial charge on any atom is -0.395 e. The quantitative estimate of drug-likeness (QED) is 0.903.